The molecule has 1 heterocycles. The number of amides is 2. The number of anilines is 2. The van der Waals surface area contributed by atoms with Crippen molar-refractivity contribution in [2.75, 3.05) is 44.4 Å². The first-order chi connectivity index (χ1) is 13.3. The van der Waals surface area contributed by atoms with Crippen LogP contribution in [-0.2, 0) is 16.0 Å². The second kappa shape index (κ2) is 8.44. The van der Waals surface area contributed by atoms with E-state index in [9.17, 15) is 9.59 Å². The fourth-order valence-corrected chi connectivity index (χ4v) is 3.57. The quantitative estimate of drug-likeness (QED) is 0.782. The first kappa shape index (κ1) is 19.9. The Morgan fingerprint density at radius 3 is 2.64 bits per heavy atom. The van der Waals surface area contributed by atoms with Crippen LogP contribution in [0.4, 0.5) is 11.4 Å². The summed E-state index contributed by atoms with van der Waals surface area (Å²) in [5.74, 6) is -1.28. The van der Waals surface area contributed by atoms with Gasteiger partial charge in [0.25, 0.3) is 0 Å². The van der Waals surface area contributed by atoms with E-state index in [2.05, 4.69) is 45.7 Å². The van der Waals surface area contributed by atoms with E-state index in [1.165, 1.54) is 11.3 Å². The lowest BCUT2D eigenvalue weighted by atomic mass is 10.0. The van der Waals surface area contributed by atoms with Crippen LogP contribution in [0.3, 0.4) is 0 Å². The highest BCUT2D eigenvalue weighted by molar-refractivity contribution is 6.39. The van der Waals surface area contributed by atoms with Gasteiger partial charge in [-0.15, -0.1) is 0 Å². The third-order valence-electron chi connectivity index (χ3n) is 5.18. The fraction of sp³-hybridized carbons (Fsp3) is 0.364. The molecule has 2 amide bonds. The van der Waals surface area contributed by atoms with Gasteiger partial charge in [-0.25, -0.2) is 0 Å². The van der Waals surface area contributed by atoms with Gasteiger partial charge in [0.15, 0.2) is 0 Å². The number of hydrogen-bond acceptors (Lipinski definition) is 4. The fourth-order valence-electron chi connectivity index (χ4n) is 3.57. The van der Waals surface area contributed by atoms with E-state index in [4.69, 9.17) is 0 Å². The monoisotopic (exact) mass is 380 g/mol. The summed E-state index contributed by atoms with van der Waals surface area (Å²) < 4.78 is 0. The molecule has 6 nitrogen and oxygen atoms in total. The maximum Gasteiger partial charge on any atom is 0.313 e. The molecule has 28 heavy (non-hydrogen) atoms. The summed E-state index contributed by atoms with van der Waals surface area (Å²) in [6.45, 7) is 3.33. The lowest BCUT2D eigenvalue weighted by Gasteiger charge is -2.26. The average Bonchev–Trinajstić information content (AvgIpc) is 3.02. The molecule has 0 aromatic heterocycles. The normalized spacial score (nSPS) is 14.0. The van der Waals surface area contributed by atoms with Gasteiger partial charge in [-0.1, -0.05) is 24.3 Å². The highest BCUT2D eigenvalue weighted by atomic mass is 16.2. The summed E-state index contributed by atoms with van der Waals surface area (Å²) in [4.78, 5) is 28.8. The van der Waals surface area contributed by atoms with Gasteiger partial charge in [0, 0.05) is 31.5 Å². The van der Waals surface area contributed by atoms with Crippen molar-refractivity contribution in [3.8, 4) is 0 Å². The standard InChI is InChI=1S/C22H28N4O2/c1-15-6-5-7-18(12-15)24-22(28)21(27)23-14-20(25(2)3)16-8-9-19-17(13-16)10-11-26(19)4/h5-9,12-13,20H,10-11,14H2,1-4H3,(H,23,27)(H,24,28). The summed E-state index contributed by atoms with van der Waals surface area (Å²) in [5, 5.41) is 5.41. The zero-order valence-corrected chi connectivity index (χ0v) is 17.0. The Balaban J connectivity index is 1.63. The second-order valence-electron chi connectivity index (χ2n) is 7.57. The minimum atomic E-state index is -0.654. The Kier molecular flexibility index (Phi) is 5.99. The highest BCUT2D eigenvalue weighted by Gasteiger charge is 2.22. The van der Waals surface area contributed by atoms with Crippen LogP contribution in [0.1, 0.15) is 22.7 Å². The van der Waals surface area contributed by atoms with Gasteiger partial charge in [-0.05, 0) is 62.3 Å². The molecule has 6 heteroatoms. The van der Waals surface area contributed by atoms with Crippen molar-refractivity contribution in [3.63, 3.8) is 0 Å². The second-order valence-corrected chi connectivity index (χ2v) is 7.57. The molecule has 0 saturated heterocycles. The van der Waals surface area contributed by atoms with Crippen molar-refractivity contribution in [1.82, 2.24) is 10.2 Å². The Labute approximate surface area is 166 Å². The third kappa shape index (κ3) is 4.51. The number of rotatable bonds is 5. The Morgan fingerprint density at radius 1 is 1.14 bits per heavy atom. The van der Waals surface area contributed by atoms with Gasteiger partial charge in [0.1, 0.15) is 0 Å². The molecule has 1 unspecified atom stereocenters. The molecule has 0 spiro atoms. The zero-order valence-electron chi connectivity index (χ0n) is 17.0. The molecule has 2 aromatic carbocycles. The van der Waals surface area contributed by atoms with Crippen LogP contribution in [-0.4, -0.2) is 50.9 Å². The molecule has 0 saturated carbocycles. The molecule has 148 valence electrons. The van der Waals surface area contributed by atoms with Gasteiger partial charge in [0.2, 0.25) is 0 Å². The molecular weight excluding hydrogens is 352 g/mol. The first-order valence-corrected chi connectivity index (χ1v) is 9.51. The topological polar surface area (TPSA) is 64.7 Å². The SMILES string of the molecule is Cc1cccc(NC(=O)C(=O)NCC(c2ccc3c(c2)CCN3C)N(C)C)c1. The van der Waals surface area contributed by atoms with Gasteiger partial charge < -0.3 is 20.4 Å². The minimum Gasteiger partial charge on any atom is -0.374 e. The number of fused-ring (bicyclic) bond motifs is 1. The molecule has 0 bridgehead atoms. The van der Waals surface area contributed by atoms with Crippen LogP contribution in [0.25, 0.3) is 0 Å². The predicted molar refractivity (Wildman–Crippen MR) is 113 cm³/mol. The largest absolute Gasteiger partial charge is 0.374 e. The third-order valence-corrected chi connectivity index (χ3v) is 5.18. The van der Waals surface area contributed by atoms with Crippen LogP contribution < -0.4 is 15.5 Å². The predicted octanol–water partition coefficient (Wildman–Crippen LogP) is 2.34. The molecule has 2 N–H and O–H groups in total. The van der Waals surface area contributed by atoms with Crippen molar-refractivity contribution >= 4 is 23.2 Å². The Bertz CT molecular complexity index is 879. The molecule has 1 atom stereocenters. The number of hydrogen-bond donors (Lipinski definition) is 2. The first-order valence-electron chi connectivity index (χ1n) is 9.51. The molecular formula is C22H28N4O2. The van der Waals surface area contributed by atoms with Gasteiger partial charge >= 0.3 is 11.8 Å². The number of carbonyl (C=O) groups excluding carboxylic acids is 2. The maximum atomic E-state index is 12.3. The minimum absolute atomic E-state index is 0.00748. The van der Waals surface area contributed by atoms with E-state index < -0.39 is 11.8 Å². The maximum absolute atomic E-state index is 12.3. The molecule has 0 fully saturated rings. The van der Waals surface area contributed by atoms with E-state index in [0.29, 0.717) is 12.2 Å². The van der Waals surface area contributed by atoms with E-state index in [1.54, 1.807) is 6.07 Å². The highest BCUT2D eigenvalue weighted by Crippen LogP contribution is 2.30. The Hall–Kier alpha value is -2.86. The summed E-state index contributed by atoms with van der Waals surface area (Å²) in [5.41, 5.74) is 5.37. The van der Waals surface area contributed by atoms with Crippen LogP contribution in [0.15, 0.2) is 42.5 Å². The smallest absolute Gasteiger partial charge is 0.313 e. The van der Waals surface area contributed by atoms with Crippen molar-refractivity contribution in [1.29, 1.82) is 0 Å². The molecule has 1 aliphatic rings. The lowest BCUT2D eigenvalue weighted by molar-refractivity contribution is -0.136. The van der Waals surface area contributed by atoms with Crippen molar-refractivity contribution in [2.24, 2.45) is 0 Å². The van der Waals surface area contributed by atoms with Crippen LogP contribution >= 0.6 is 0 Å². The average molecular weight is 380 g/mol. The summed E-state index contributed by atoms with van der Waals surface area (Å²) in [7, 11) is 6.05. The summed E-state index contributed by atoms with van der Waals surface area (Å²) >= 11 is 0. The van der Waals surface area contributed by atoms with E-state index in [1.807, 2.05) is 39.2 Å². The number of aryl methyl sites for hydroxylation is 1. The van der Waals surface area contributed by atoms with Crippen LogP contribution in [0.2, 0.25) is 0 Å². The molecule has 1 aliphatic heterocycles. The lowest BCUT2D eigenvalue weighted by Crippen LogP contribution is -2.40. The summed E-state index contributed by atoms with van der Waals surface area (Å²) in [6, 6.07) is 13.8. The van der Waals surface area contributed by atoms with Crippen molar-refractivity contribution in [2.45, 2.75) is 19.4 Å². The molecule has 3 rings (SSSR count). The van der Waals surface area contributed by atoms with E-state index in [-0.39, 0.29) is 6.04 Å². The van der Waals surface area contributed by atoms with Crippen molar-refractivity contribution < 1.29 is 9.59 Å². The number of nitrogens with one attached hydrogen (secondary N) is 2. The van der Waals surface area contributed by atoms with Gasteiger partial charge in [0.05, 0.1) is 6.04 Å². The molecule has 0 aliphatic carbocycles. The van der Waals surface area contributed by atoms with Gasteiger partial charge in [-0.3, -0.25) is 9.59 Å². The number of benzene rings is 2. The van der Waals surface area contributed by atoms with E-state index >= 15 is 0 Å². The van der Waals surface area contributed by atoms with E-state index in [0.717, 1.165) is 24.1 Å². The van der Waals surface area contributed by atoms with Crippen molar-refractivity contribution in [3.05, 3.63) is 59.2 Å². The van der Waals surface area contributed by atoms with Crippen LogP contribution in [0, 0.1) is 6.92 Å². The summed E-state index contributed by atoms with van der Waals surface area (Å²) in [6.07, 6.45) is 1.03. The molecule has 0 radical (unpaired) electrons. The van der Waals surface area contributed by atoms with Gasteiger partial charge in [-0.2, -0.15) is 0 Å². The number of carbonyl (C=O) groups is 2. The molecule has 2 aromatic rings. The number of likely N-dealkylation sites (N-methyl/N-ethyl adjacent to an activating group) is 2. The number of nitrogens with zero attached hydrogens (tertiary/aromatic N) is 2. The Morgan fingerprint density at radius 2 is 1.93 bits per heavy atom. The zero-order chi connectivity index (χ0) is 20.3. The van der Waals surface area contributed by atoms with Crippen LogP contribution in [0.5, 0.6) is 0 Å².